The molecule has 1 N–H and O–H groups in total. The molecule has 0 bridgehead atoms. The summed E-state index contributed by atoms with van der Waals surface area (Å²) >= 11 is 0. The van der Waals surface area contributed by atoms with E-state index in [1.807, 2.05) is 30.3 Å². The number of ether oxygens (including phenoxy) is 2. The van der Waals surface area contributed by atoms with E-state index in [0.717, 1.165) is 5.39 Å². The summed E-state index contributed by atoms with van der Waals surface area (Å²) in [6.07, 6.45) is 1.25. The van der Waals surface area contributed by atoms with E-state index in [1.54, 1.807) is 13.0 Å². The Morgan fingerprint density at radius 1 is 1.06 bits per heavy atom. The number of nitrogens with one attached hydrogen (secondary N) is 1. The van der Waals surface area contributed by atoms with E-state index in [1.165, 1.54) is 42.3 Å². The summed E-state index contributed by atoms with van der Waals surface area (Å²) in [6, 6.07) is 16.9. The Hall–Kier alpha value is -3.92. The average Bonchev–Trinajstić information content (AvgIpc) is 3.21. The monoisotopic (exact) mass is 452 g/mol. The first kappa shape index (κ1) is 21.3. The SMILES string of the molecule is CCOC(=O)c1cnn(-c2ccc3ccccc3n2)c1NS(=O)(=O)c1ccc(OC)cc1. The lowest BCUT2D eigenvalue weighted by atomic mass is 10.2. The number of esters is 1. The molecule has 0 radical (unpaired) electrons. The fourth-order valence-corrected chi connectivity index (χ4v) is 4.16. The zero-order valence-corrected chi connectivity index (χ0v) is 18.2. The Bertz CT molecular complexity index is 1380. The van der Waals surface area contributed by atoms with Gasteiger partial charge in [0.1, 0.15) is 11.3 Å². The van der Waals surface area contributed by atoms with E-state index in [0.29, 0.717) is 17.1 Å². The molecule has 0 spiro atoms. The maximum Gasteiger partial charge on any atom is 0.343 e. The first-order valence-corrected chi connectivity index (χ1v) is 11.2. The van der Waals surface area contributed by atoms with Gasteiger partial charge in [-0.05, 0) is 49.4 Å². The lowest BCUT2D eigenvalue weighted by Gasteiger charge is -2.13. The van der Waals surface area contributed by atoms with E-state index < -0.39 is 16.0 Å². The van der Waals surface area contributed by atoms with E-state index in [9.17, 15) is 13.2 Å². The third-order valence-corrected chi connectivity index (χ3v) is 6.02. The van der Waals surface area contributed by atoms with Crippen molar-refractivity contribution in [2.24, 2.45) is 0 Å². The second-order valence-electron chi connectivity index (χ2n) is 6.68. The fourth-order valence-electron chi connectivity index (χ4n) is 3.09. The molecular weight excluding hydrogens is 432 g/mol. The van der Waals surface area contributed by atoms with Crippen molar-refractivity contribution in [3.05, 3.63) is 72.4 Å². The van der Waals surface area contributed by atoms with Crippen LogP contribution in [0.1, 0.15) is 17.3 Å². The topological polar surface area (TPSA) is 112 Å². The summed E-state index contributed by atoms with van der Waals surface area (Å²) in [7, 11) is -2.57. The molecule has 0 fully saturated rings. The van der Waals surface area contributed by atoms with Gasteiger partial charge in [0.15, 0.2) is 11.6 Å². The van der Waals surface area contributed by atoms with Crippen molar-refractivity contribution in [1.82, 2.24) is 14.8 Å². The van der Waals surface area contributed by atoms with E-state index in [2.05, 4.69) is 14.8 Å². The lowest BCUT2D eigenvalue weighted by molar-refractivity contribution is 0.0527. The van der Waals surface area contributed by atoms with Gasteiger partial charge in [-0.1, -0.05) is 18.2 Å². The van der Waals surface area contributed by atoms with Crippen LogP contribution in [0.3, 0.4) is 0 Å². The Balaban J connectivity index is 1.80. The van der Waals surface area contributed by atoms with Gasteiger partial charge >= 0.3 is 5.97 Å². The number of aromatic nitrogens is 3. The summed E-state index contributed by atoms with van der Waals surface area (Å²) in [5.74, 6) is 0.0854. The zero-order chi connectivity index (χ0) is 22.7. The Kier molecular flexibility index (Phi) is 5.78. The minimum absolute atomic E-state index is 0.00710. The number of hydrogen-bond acceptors (Lipinski definition) is 7. The van der Waals surface area contributed by atoms with Crippen LogP contribution >= 0.6 is 0 Å². The van der Waals surface area contributed by atoms with Crippen molar-refractivity contribution in [2.45, 2.75) is 11.8 Å². The molecule has 0 unspecified atom stereocenters. The number of benzene rings is 2. The highest BCUT2D eigenvalue weighted by Crippen LogP contribution is 2.26. The molecule has 164 valence electrons. The van der Waals surface area contributed by atoms with E-state index in [-0.39, 0.29) is 22.9 Å². The van der Waals surface area contributed by atoms with Gasteiger partial charge in [-0.3, -0.25) is 4.72 Å². The summed E-state index contributed by atoms with van der Waals surface area (Å²) < 4.78 is 40.0. The maximum atomic E-state index is 13.1. The summed E-state index contributed by atoms with van der Waals surface area (Å²) in [5.41, 5.74) is 0.668. The predicted octanol–water partition coefficient (Wildman–Crippen LogP) is 3.41. The lowest BCUT2D eigenvalue weighted by Crippen LogP contribution is -2.19. The number of methoxy groups -OCH3 is 1. The molecule has 32 heavy (non-hydrogen) atoms. The molecule has 0 saturated carbocycles. The molecule has 9 nitrogen and oxygen atoms in total. The standard InChI is InChI=1S/C22H20N4O5S/c1-3-31-22(27)18-14-23-26(20-13-8-15-6-4-5-7-19(15)24-20)21(18)25-32(28,29)17-11-9-16(30-2)10-12-17/h4-14,25H,3H2,1-2H3. The number of pyridine rings is 1. The molecule has 0 saturated heterocycles. The quantitative estimate of drug-likeness (QED) is 0.428. The highest BCUT2D eigenvalue weighted by Gasteiger charge is 2.25. The van der Waals surface area contributed by atoms with Gasteiger partial charge in [-0.15, -0.1) is 0 Å². The minimum Gasteiger partial charge on any atom is -0.497 e. The molecule has 10 heteroatoms. The van der Waals surface area contributed by atoms with Crippen LogP contribution in [-0.2, 0) is 14.8 Å². The molecule has 0 aliphatic rings. The minimum atomic E-state index is -4.05. The van der Waals surface area contributed by atoms with Gasteiger partial charge < -0.3 is 9.47 Å². The molecule has 2 aromatic heterocycles. The largest absolute Gasteiger partial charge is 0.497 e. The first-order valence-electron chi connectivity index (χ1n) is 9.71. The average molecular weight is 452 g/mol. The fraction of sp³-hybridized carbons (Fsp3) is 0.136. The number of carbonyl (C=O) groups is 1. The van der Waals surface area contributed by atoms with Gasteiger partial charge in [-0.25, -0.2) is 18.2 Å². The molecular formula is C22H20N4O5S. The summed E-state index contributed by atoms with van der Waals surface area (Å²) in [6.45, 7) is 1.79. The van der Waals surface area contributed by atoms with E-state index in [4.69, 9.17) is 9.47 Å². The number of anilines is 1. The number of sulfonamides is 1. The Labute approximate surface area is 184 Å². The Morgan fingerprint density at radius 3 is 2.53 bits per heavy atom. The molecule has 2 aromatic carbocycles. The molecule has 4 aromatic rings. The van der Waals surface area contributed by atoms with Crippen LogP contribution in [0.5, 0.6) is 5.75 Å². The zero-order valence-electron chi connectivity index (χ0n) is 17.3. The number of carbonyl (C=O) groups excluding carboxylic acids is 1. The van der Waals surface area contributed by atoms with Gasteiger partial charge in [0.25, 0.3) is 10.0 Å². The number of hydrogen-bond donors (Lipinski definition) is 1. The van der Waals surface area contributed by atoms with Crippen molar-refractivity contribution < 1.29 is 22.7 Å². The highest BCUT2D eigenvalue weighted by atomic mass is 32.2. The second-order valence-corrected chi connectivity index (χ2v) is 8.36. The van der Waals surface area contributed by atoms with Crippen molar-refractivity contribution in [1.29, 1.82) is 0 Å². The third-order valence-electron chi connectivity index (χ3n) is 4.67. The smallest absolute Gasteiger partial charge is 0.343 e. The predicted molar refractivity (Wildman–Crippen MR) is 119 cm³/mol. The van der Waals surface area contributed by atoms with E-state index >= 15 is 0 Å². The van der Waals surface area contributed by atoms with Crippen LogP contribution < -0.4 is 9.46 Å². The highest BCUT2D eigenvalue weighted by molar-refractivity contribution is 7.92. The van der Waals surface area contributed by atoms with Crippen molar-refractivity contribution >= 4 is 32.7 Å². The molecule has 0 aliphatic heterocycles. The van der Waals surface area contributed by atoms with Crippen molar-refractivity contribution in [2.75, 3.05) is 18.4 Å². The summed E-state index contributed by atoms with van der Waals surface area (Å²) in [4.78, 5) is 17.0. The van der Waals surface area contributed by atoms with Crippen LogP contribution in [0.2, 0.25) is 0 Å². The maximum absolute atomic E-state index is 13.1. The van der Waals surface area contributed by atoms with Crippen LogP contribution in [-0.4, -0.2) is 42.9 Å². The second kappa shape index (κ2) is 8.67. The number of para-hydroxylation sites is 1. The Morgan fingerprint density at radius 2 is 1.81 bits per heavy atom. The van der Waals surface area contributed by atoms with Crippen LogP contribution in [0.4, 0.5) is 5.82 Å². The van der Waals surface area contributed by atoms with Crippen molar-refractivity contribution in [3.63, 3.8) is 0 Å². The molecule has 0 aliphatic carbocycles. The number of rotatable bonds is 7. The third kappa shape index (κ3) is 4.12. The normalized spacial score (nSPS) is 11.3. The van der Waals surface area contributed by atoms with Gasteiger partial charge in [0.2, 0.25) is 0 Å². The van der Waals surface area contributed by atoms with Gasteiger partial charge in [0, 0.05) is 5.39 Å². The summed E-state index contributed by atoms with van der Waals surface area (Å²) in [5, 5.41) is 5.12. The van der Waals surface area contributed by atoms with Crippen LogP contribution in [0.25, 0.3) is 16.7 Å². The molecule has 4 rings (SSSR count). The first-order chi connectivity index (χ1) is 15.4. The molecule has 2 heterocycles. The van der Waals surface area contributed by atoms with Crippen LogP contribution in [0, 0.1) is 0 Å². The molecule has 0 amide bonds. The van der Waals surface area contributed by atoms with Gasteiger partial charge in [-0.2, -0.15) is 9.78 Å². The van der Waals surface area contributed by atoms with Crippen molar-refractivity contribution in [3.8, 4) is 11.6 Å². The van der Waals surface area contributed by atoms with Gasteiger partial charge in [0.05, 0.1) is 30.3 Å². The molecule has 0 atom stereocenters. The van der Waals surface area contributed by atoms with Crippen LogP contribution in [0.15, 0.2) is 71.8 Å². The number of nitrogens with zero attached hydrogens (tertiary/aromatic N) is 3. The number of fused-ring (bicyclic) bond motifs is 1.